The number of alkyl halides is 2. The van der Waals surface area contributed by atoms with Crippen molar-refractivity contribution >= 4 is 0 Å². The second kappa shape index (κ2) is 6.85. The molecule has 4 nitrogen and oxygen atoms in total. The van der Waals surface area contributed by atoms with E-state index in [-0.39, 0.29) is 6.61 Å². The highest BCUT2D eigenvalue weighted by Crippen LogP contribution is 2.31. The molecule has 1 unspecified atom stereocenters. The van der Waals surface area contributed by atoms with Crippen LogP contribution in [0.1, 0.15) is 17.5 Å². The van der Waals surface area contributed by atoms with Gasteiger partial charge >= 0.3 is 6.61 Å². The summed E-state index contributed by atoms with van der Waals surface area (Å²) in [6.07, 6.45) is 1.96. The minimum absolute atomic E-state index is 0.209. The van der Waals surface area contributed by atoms with Gasteiger partial charge in [0.1, 0.15) is 11.5 Å². The summed E-state index contributed by atoms with van der Waals surface area (Å²) in [7, 11) is 3.08. The molecular weight excluding hydrogens is 268 g/mol. The number of methoxy groups -OCH3 is 2. The Kier molecular flexibility index (Phi) is 5.14. The Labute approximate surface area is 117 Å². The van der Waals surface area contributed by atoms with E-state index >= 15 is 0 Å². The SMILES string of the molecule is COc1cc(CC2CCN2)c(OC)cc1COC(F)F. The molecule has 1 atom stereocenters. The maximum atomic E-state index is 12.1. The van der Waals surface area contributed by atoms with E-state index in [0.717, 1.165) is 24.9 Å². The van der Waals surface area contributed by atoms with Crippen LogP contribution in [0.4, 0.5) is 8.78 Å². The molecule has 0 bridgehead atoms. The average molecular weight is 287 g/mol. The zero-order chi connectivity index (χ0) is 14.5. The Bertz CT molecular complexity index is 450. The number of ether oxygens (including phenoxy) is 3. The molecule has 1 fully saturated rings. The number of nitrogens with one attached hydrogen (secondary N) is 1. The number of rotatable bonds is 7. The van der Waals surface area contributed by atoms with Crippen LogP contribution in [0.15, 0.2) is 12.1 Å². The van der Waals surface area contributed by atoms with Crippen molar-refractivity contribution in [3.63, 3.8) is 0 Å². The van der Waals surface area contributed by atoms with E-state index in [9.17, 15) is 8.78 Å². The fourth-order valence-electron chi connectivity index (χ4n) is 2.24. The summed E-state index contributed by atoms with van der Waals surface area (Å²) in [6, 6.07) is 3.98. The third kappa shape index (κ3) is 3.58. The van der Waals surface area contributed by atoms with Crippen molar-refractivity contribution in [1.82, 2.24) is 5.32 Å². The predicted octanol–water partition coefficient (Wildman–Crippen LogP) is 2.35. The van der Waals surface area contributed by atoms with Crippen molar-refractivity contribution in [3.05, 3.63) is 23.3 Å². The maximum Gasteiger partial charge on any atom is 0.345 e. The standard InChI is InChI=1S/C14H19F2NO3/c1-18-12-7-10(8-20-14(15)16)13(19-2)6-9(12)5-11-3-4-17-11/h6-7,11,14,17H,3-5,8H2,1-2H3. The first-order valence-corrected chi connectivity index (χ1v) is 6.51. The second-order valence-electron chi connectivity index (χ2n) is 4.69. The van der Waals surface area contributed by atoms with Crippen LogP contribution in [0.2, 0.25) is 0 Å². The van der Waals surface area contributed by atoms with Crippen LogP contribution < -0.4 is 14.8 Å². The molecule has 0 radical (unpaired) electrons. The molecule has 112 valence electrons. The summed E-state index contributed by atoms with van der Waals surface area (Å²) in [5.41, 5.74) is 1.55. The second-order valence-corrected chi connectivity index (χ2v) is 4.69. The molecular formula is C14H19F2NO3. The molecule has 0 aliphatic carbocycles. The van der Waals surface area contributed by atoms with Crippen LogP contribution in [0.25, 0.3) is 0 Å². The molecule has 1 aliphatic rings. The first-order valence-electron chi connectivity index (χ1n) is 6.51. The van der Waals surface area contributed by atoms with Gasteiger partial charge in [-0.15, -0.1) is 0 Å². The van der Waals surface area contributed by atoms with Gasteiger partial charge in [-0.3, -0.25) is 0 Å². The molecule has 1 aliphatic heterocycles. The normalized spacial score (nSPS) is 17.9. The van der Waals surface area contributed by atoms with E-state index in [1.807, 2.05) is 6.07 Å². The number of hydrogen-bond donors (Lipinski definition) is 1. The first kappa shape index (κ1) is 15.0. The topological polar surface area (TPSA) is 39.7 Å². The van der Waals surface area contributed by atoms with Crippen molar-refractivity contribution in [3.8, 4) is 11.5 Å². The van der Waals surface area contributed by atoms with Crippen molar-refractivity contribution in [2.24, 2.45) is 0 Å². The van der Waals surface area contributed by atoms with E-state index in [0.29, 0.717) is 23.1 Å². The van der Waals surface area contributed by atoms with Crippen molar-refractivity contribution < 1.29 is 23.0 Å². The van der Waals surface area contributed by atoms with Crippen molar-refractivity contribution in [2.75, 3.05) is 20.8 Å². The highest BCUT2D eigenvalue weighted by Gasteiger charge is 2.20. The lowest BCUT2D eigenvalue weighted by molar-refractivity contribution is -0.137. The van der Waals surface area contributed by atoms with Gasteiger partial charge in [0.2, 0.25) is 0 Å². The molecule has 6 heteroatoms. The smallest absolute Gasteiger partial charge is 0.345 e. The minimum Gasteiger partial charge on any atom is -0.496 e. The summed E-state index contributed by atoms with van der Waals surface area (Å²) in [5, 5.41) is 3.32. The number of benzene rings is 1. The van der Waals surface area contributed by atoms with Gasteiger partial charge in [0.25, 0.3) is 0 Å². The highest BCUT2D eigenvalue weighted by atomic mass is 19.3. The lowest BCUT2D eigenvalue weighted by Gasteiger charge is -2.28. The Morgan fingerprint density at radius 3 is 2.30 bits per heavy atom. The summed E-state index contributed by atoms with van der Waals surface area (Å²) in [6.45, 7) is -1.98. The van der Waals surface area contributed by atoms with Crippen LogP contribution >= 0.6 is 0 Å². The zero-order valence-corrected chi connectivity index (χ0v) is 11.6. The van der Waals surface area contributed by atoms with Crippen molar-refractivity contribution in [2.45, 2.75) is 32.1 Å². The lowest BCUT2D eigenvalue weighted by atomic mass is 9.96. The molecule has 0 spiro atoms. The summed E-state index contributed by atoms with van der Waals surface area (Å²) in [4.78, 5) is 0. The number of halogens is 2. The maximum absolute atomic E-state index is 12.1. The highest BCUT2D eigenvalue weighted by molar-refractivity contribution is 5.46. The summed E-state index contributed by atoms with van der Waals surface area (Å²) >= 11 is 0. The molecule has 20 heavy (non-hydrogen) atoms. The van der Waals surface area contributed by atoms with Gasteiger partial charge in [-0.25, -0.2) is 0 Å². The van der Waals surface area contributed by atoms with Crippen LogP contribution in [0, 0.1) is 0 Å². The van der Waals surface area contributed by atoms with Crippen LogP contribution in [0.3, 0.4) is 0 Å². The molecule has 1 aromatic rings. The largest absolute Gasteiger partial charge is 0.496 e. The van der Waals surface area contributed by atoms with E-state index in [1.165, 1.54) is 7.11 Å². The minimum atomic E-state index is -2.80. The molecule has 1 N–H and O–H groups in total. The lowest BCUT2D eigenvalue weighted by Crippen LogP contribution is -2.44. The molecule has 1 aromatic carbocycles. The Morgan fingerprint density at radius 2 is 1.80 bits per heavy atom. The van der Waals surface area contributed by atoms with E-state index < -0.39 is 6.61 Å². The van der Waals surface area contributed by atoms with Gasteiger partial charge in [0.05, 0.1) is 20.8 Å². The third-order valence-corrected chi connectivity index (χ3v) is 3.44. The number of hydrogen-bond acceptors (Lipinski definition) is 4. The monoisotopic (exact) mass is 287 g/mol. The average Bonchev–Trinajstić information content (AvgIpc) is 2.40. The molecule has 0 saturated carbocycles. The third-order valence-electron chi connectivity index (χ3n) is 3.44. The molecule has 0 aromatic heterocycles. The van der Waals surface area contributed by atoms with E-state index in [1.54, 1.807) is 13.2 Å². The van der Waals surface area contributed by atoms with Gasteiger partial charge in [-0.05, 0) is 37.1 Å². The predicted molar refractivity (Wildman–Crippen MR) is 70.5 cm³/mol. The van der Waals surface area contributed by atoms with Gasteiger partial charge in [0, 0.05) is 11.6 Å². The van der Waals surface area contributed by atoms with Gasteiger partial charge < -0.3 is 19.5 Å². The quantitative estimate of drug-likeness (QED) is 0.835. The van der Waals surface area contributed by atoms with Gasteiger partial charge in [-0.2, -0.15) is 8.78 Å². The molecule has 1 heterocycles. The van der Waals surface area contributed by atoms with Crippen LogP contribution in [-0.2, 0) is 17.8 Å². The molecule has 1 saturated heterocycles. The summed E-state index contributed by atoms with van der Waals surface area (Å²) in [5.74, 6) is 1.22. The fraction of sp³-hybridized carbons (Fsp3) is 0.571. The Hall–Kier alpha value is -1.40. The van der Waals surface area contributed by atoms with E-state index in [2.05, 4.69) is 10.1 Å². The Morgan fingerprint density at radius 1 is 1.20 bits per heavy atom. The van der Waals surface area contributed by atoms with Crippen LogP contribution in [0.5, 0.6) is 11.5 Å². The van der Waals surface area contributed by atoms with Crippen molar-refractivity contribution in [1.29, 1.82) is 0 Å². The van der Waals surface area contributed by atoms with Crippen LogP contribution in [-0.4, -0.2) is 33.4 Å². The van der Waals surface area contributed by atoms with Gasteiger partial charge in [-0.1, -0.05) is 0 Å². The van der Waals surface area contributed by atoms with E-state index in [4.69, 9.17) is 9.47 Å². The Balaban J connectivity index is 2.19. The first-order chi connectivity index (χ1) is 9.63. The molecule has 0 amide bonds. The van der Waals surface area contributed by atoms with Gasteiger partial charge in [0.15, 0.2) is 0 Å². The molecule has 2 rings (SSSR count). The zero-order valence-electron chi connectivity index (χ0n) is 11.6. The fourth-order valence-corrected chi connectivity index (χ4v) is 2.24. The summed E-state index contributed by atoms with van der Waals surface area (Å²) < 4.78 is 39.2.